The van der Waals surface area contributed by atoms with Gasteiger partial charge in [-0.2, -0.15) is 0 Å². The lowest BCUT2D eigenvalue weighted by atomic mass is 9.68. The van der Waals surface area contributed by atoms with Crippen molar-refractivity contribution < 1.29 is 24.1 Å². The number of hydrogen-bond donors (Lipinski definition) is 2. The molecule has 0 aromatic heterocycles. The van der Waals surface area contributed by atoms with Crippen LogP contribution in [0.5, 0.6) is 0 Å². The Hall–Kier alpha value is -0.690. The van der Waals surface area contributed by atoms with E-state index in [0.717, 1.165) is 25.7 Å². The number of aliphatic hydroxyl groups excluding tert-OH is 1. The van der Waals surface area contributed by atoms with E-state index in [1.807, 2.05) is 0 Å². The highest BCUT2D eigenvalue weighted by Crippen LogP contribution is 2.57. The van der Waals surface area contributed by atoms with Gasteiger partial charge >= 0.3 is 5.97 Å². The van der Waals surface area contributed by atoms with Crippen LogP contribution in [0.1, 0.15) is 39.5 Å². The zero-order chi connectivity index (χ0) is 18.2. The van der Waals surface area contributed by atoms with E-state index in [1.165, 1.54) is 0 Å². The quantitative estimate of drug-likeness (QED) is 0.556. The summed E-state index contributed by atoms with van der Waals surface area (Å²) < 4.78 is 16.1. The van der Waals surface area contributed by atoms with E-state index in [4.69, 9.17) is 14.2 Å². The molecule has 0 unspecified atom stereocenters. The Labute approximate surface area is 150 Å². The second kappa shape index (κ2) is 7.51. The summed E-state index contributed by atoms with van der Waals surface area (Å²) in [5.41, 5.74) is -0.105. The number of esters is 1. The van der Waals surface area contributed by atoms with Gasteiger partial charge in [-0.1, -0.05) is 13.8 Å². The molecule has 3 aliphatic rings. The second-order valence-electron chi connectivity index (χ2n) is 8.43. The van der Waals surface area contributed by atoms with Crippen molar-refractivity contribution in [2.24, 2.45) is 29.1 Å². The van der Waals surface area contributed by atoms with Gasteiger partial charge in [-0.05, 0) is 42.9 Å². The Morgan fingerprint density at radius 3 is 2.76 bits per heavy atom. The summed E-state index contributed by atoms with van der Waals surface area (Å²) in [5.74, 6) is 0.911. The van der Waals surface area contributed by atoms with Gasteiger partial charge in [0, 0.05) is 33.2 Å². The molecule has 0 bridgehead atoms. The van der Waals surface area contributed by atoms with Crippen LogP contribution in [0.3, 0.4) is 0 Å². The Bertz CT molecular complexity index is 482. The highest BCUT2D eigenvalue weighted by atomic mass is 16.7. The highest BCUT2D eigenvalue weighted by Gasteiger charge is 2.57. The Kier molecular flexibility index (Phi) is 5.73. The van der Waals surface area contributed by atoms with E-state index in [1.54, 1.807) is 14.2 Å². The first-order valence-electron chi connectivity index (χ1n) is 9.55. The molecule has 2 N–H and O–H groups in total. The number of carbonyl (C=O) groups is 1. The lowest BCUT2D eigenvalue weighted by Crippen LogP contribution is -2.40. The maximum Gasteiger partial charge on any atom is 0.310 e. The normalized spacial score (nSPS) is 43.7. The van der Waals surface area contributed by atoms with Crippen LogP contribution in [0.4, 0.5) is 0 Å². The van der Waals surface area contributed by atoms with Gasteiger partial charge in [0.15, 0.2) is 6.29 Å². The number of hydrogen-bond acceptors (Lipinski definition) is 6. The minimum absolute atomic E-state index is 0.00966. The molecule has 6 heteroatoms. The van der Waals surface area contributed by atoms with Crippen molar-refractivity contribution in [2.45, 2.75) is 58.0 Å². The second-order valence-corrected chi connectivity index (χ2v) is 8.43. The van der Waals surface area contributed by atoms with Gasteiger partial charge < -0.3 is 24.6 Å². The minimum Gasteiger partial charge on any atom is -0.462 e. The fourth-order valence-electron chi connectivity index (χ4n) is 5.61. The fraction of sp³-hybridized carbons (Fsp3) is 0.947. The predicted molar refractivity (Wildman–Crippen MR) is 92.8 cm³/mol. The summed E-state index contributed by atoms with van der Waals surface area (Å²) in [6.45, 7) is 5.57. The predicted octanol–water partition coefficient (Wildman–Crippen LogP) is 1.56. The largest absolute Gasteiger partial charge is 0.462 e. The molecule has 0 aromatic rings. The maximum absolute atomic E-state index is 12.5. The van der Waals surface area contributed by atoms with Crippen molar-refractivity contribution in [1.82, 2.24) is 5.32 Å². The SMILES string of the molecule is COC(CNC[C@@H]1C(=O)O[C@H]2C[C@@H](C)[C@@H]3CC[C@H](O)[C@@]3(C)C[C@@H]21)OC. The molecule has 2 aliphatic carbocycles. The molecule has 144 valence electrons. The van der Waals surface area contributed by atoms with Gasteiger partial charge in [0.25, 0.3) is 0 Å². The fourth-order valence-corrected chi connectivity index (χ4v) is 5.61. The number of ether oxygens (including phenoxy) is 3. The van der Waals surface area contributed by atoms with Gasteiger partial charge in [-0.25, -0.2) is 0 Å². The molecule has 0 amide bonds. The number of fused-ring (bicyclic) bond motifs is 2. The van der Waals surface area contributed by atoms with Crippen LogP contribution in [-0.2, 0) is 19.0 Å². The molecular weight excluding hydrogens is 322 g/mol. The molecule has 0 spiro atoms. The molecule has 2 saturated carbocycles. The van der Waals surface area contributed by atoms with E-state index in [9.17, 15) is 9.90 Å². The topological polar surface area (TPSA) is 77.0 Å². The summed E-state index contributed by atoms with van der Waals surface area (Å²) in [6.07, 6.45) is 3.14. The van der Waals surface area contributed by atoms with Crippen LogP contribution in [0.25, 0.3) is 0 Å². The lowest BCUT2D eigenvalue weighted by Gasteiger charge is -2.37. The van der Waals surface area contributed by atoms with Crippen LogP contribution < -0.4 is 5.32 Å². The zero-order valence-corrected chi connectivity index (χ0v) is 15.9. The summed E-state index contributed by atoms with van der Waals surface area (Å²) in [7, 11) is 3.20. The zero-order valence-electron chi connectivity index (χ0n) is 15.9. The third-order valence-corrected chi connectivity index (χ3v) is 7.09. The summed E-state index contributed by atoms with van der Waals surface area (Å²) in [5, 5.41) is 13.9. The van der Waals surface area contributed by atoms with E-state index in [0.29, 0.717) is 24.9 Å². The number of nitrogens with one attached hydrogen (secondary N) is 1. The van der Waals surface area contributed by atoms with E-state index in [2.05, 4.69) is 19.2 Å². The maximum atomic E-state index is 12.5. The Morgan fingerprint density at radius 2 is 2.08 bits per heavy atom. The van der Waals surface area contributed by atoms with Crippen LogP contribution in [0.2, 0.25) is 0 Å². The van der Waals surface area contributed by atoms with Crippen LogP contribution >= 0.6 is 0 Å². The third-order valence-electron chi connectivity index (χ3n) is 7.09. The molecule has 1 heterocycles. The van der Waals surface area contributed by atoms with E-state index in [-0.39, 0.29) is 41.7 Å². The standard InChI is InChI=1S/C19H33NO5/c1-11-7-15-12(8-19(2)14(11)5-6-16(19)21)13(18(22)25-15)9-20-10-17(23-3)24-4/h11-17,20-21H,5-10H2,1-4H3/t11-,12-,13+,14+,15+,16+,19+/m1/s1. The lowest BCUT2D eigenvalue weighted by molar-refractivity contribution is -0.145. The average molecular weight is 355 g/mol. The van der Waals surface area contributed by atoms with Gasteiger partial charge in [0.05, 0.1) is 12.0 Å². The summed E-state index contributed by atoms with van der Waals surface area (Å²) in [4.78, 5) is 12.5. The van der Waals surface area contributed by atoms with Crippen molar-refractivity contribution in [3.63, 3.8) is 0 Å². The number of rotatable bonds is 6. The van der Waals surface area contributed by atoms with Crippen molar-refractivity contribution in [3.05, 3.63) is 0 Å². The van der Waals surface area contributed by atoms with Crippen molar-refractivity contribution in [1.29, 1.82) is 0 Å². The smallest absolute Gasteiger partial charge is 0.310 e. The van der Waals surface area contributed by atoms with Crippen molar-refractivity contribution in [3.8, 4) is 0 Å². The molecule has 3 rings (SSSR count). The number of methoxy groups -OCH3 is 2. The molecule has 1 aliphatic heterocycles. The molecule has 7 atom stereocenters. The molecule has 0 aromatic carbocycles. The molecule has 1 saturated heterocycles. The first kappa shape index (κ1) is 19.1. The van der Waals surface area contributed by atoms with Crippen molar-refractivity contribution in [2.75, 3.05) is 27.3 Å². The van der Waals surface area contributed by atoms with E-state index >= 15 is 0 Å². The molecule has 6 nitrogen and oxygen atoms in total. The Morgan fingerprint density at radius 1 is 1.36 bits per heavy atom. The van der Waals surface area contributed by atoms with Crippen LogP contribution in [0, 0.1) is 29.1 Å². The monoisotopic (exact) mass is 355 g/mol. The molecular formula is C19H33NO5. The summed E-state index contributed by atoms with van der Waals surface area (Å²) in [6, 6.07) is 0. The number of carbonyl (C=O) groups excluding carboxylic acids is 1. The van der Waals surface area contributed by atoms with Crippen LogP contribution in [-0.4, -0.2) is 56.9 Å². The highest BCUT2D eigenvalue weighted by molar-refractivity contribution is 5.75. The third kappa shape index (κ3) is 3.46. The Balaban J connectivity index is 1.70. The first-order chi connectivity index (χ1) is 11.9. The minimum atomic E-state index is -0.319. The molecule has 3 fully saturated rings. The summed E-state index contributed by atoms with van der Waals surface area (Å²) >= 11 is 0. The first-order valence-corrected chi connectivity index (χ1v) is 9.55. The van der Waals surface area contributed by atoms with Crippen LogP contribution in [0.15, 0.2) is 0 Å². The van der Waals surface area contributed by atoms with Gasteiger partial charge in [-0.15, -0.1) is 0 Å². The molecule has 0 radical (unpaired) electrons. The van der Waals surface area contributed by atoms with Gasteiger partial charge in [-0.3, -0.25) is 4.79 Å². The average Bonchev–Trinajstić information content (AvgIpc) is 2.98. The van der Waals surface area contributed by atoms with Crippen molar-refractivity contribution >= 4 is 5.97 Å². The molecule has 25 heavy (non-hydrogen) atoms. The number of aliphatic hydroxyl groups is 1. The van der Waals surface area contributed by atoms with Gasteiger partial charge in [0.1, 0.15) is 6.10 Å². The van der Waals surface area contributed by atoms with E-state index < -0.39 is 0 Å². The van der Waals surface area contributed by atoms with Gasteiger partial charge in [0.2, 0.25) is 0 Å².